The molecule has 0 aromatic heterocycles. The average Bonchev–Trinajstić information content (AvgIpc) is 2.44. The van der Waals surface area contributed by atoms with E-state index in [9.17, 15) is 9.90 Å². The first-order valence-electron chi connectivity index (χ1n) is 6.10. The molecular weight excluding hydrogens is 256 g/mol. The maximum absolute atomic E-state index is 12.2. The number of aromatic hydroxyl groups is 1. The van der Waals surface area contributed by atoms with Gasteiger partial charge in [-0.25, -0.2) is 4.79 Å². The fourth-order valence-corrected chi connectivity index (χ4v) is 2.19. The summed E-state index contributed by atoms with van der Waals surface area (Å²) < 4.78 is 10.5. The lowest BCUT2D eigenvalue weighted by Gasteiger charge is -2.15. The molecule has 1 aliphatic heterocycles. The Morgan fingerprint density at radius 3 is 2.70 bits per heavy atom. The molecule has 4 nitrogen and oxygen atoms in total. The summed E-state index contributed by atoms with van der Waals surface area (Å²) >= 11 is 0. The molecule has 1 aliphatic rings. The molecule has 2 aromatic rings. The van der Waals surface area contributed by atoms with Crippen molar-refractivity contribution in [1.82, 2.24) is 0 Å². The van der Waals surface area contributed by atoms with E-state index in [1.807, 2.05) is 18.2 Å². The Bertz CT molecular complexity index is 716. The number of para-hydroxylation sites is 1. The molecule has 0 saturated carbocycles. The van der Waals surface area contributed by atoms with Crippen molar-refractivity contribution in [1.29, 1.82) is 0 Å². The van der Waals surface area contributed by atoms with Gasteiger partial charge in [0.25, 0.3) is 0 Å². The van der Waals surface area contributed by atoms with E-state index in [0.29, 0.717) is 16.9 Å². The predicted octanol–water partition coefficient (Wildman–Crippen LogP) is 3.10. The number of benzene rings is 2. The Labute approximate surface area is 115 Å². The highest BCUT2D eigenvalue weighted by Crippen LogP contribution is 2.36. The molecule has 0 spiro atoms. The minimum atomic E-state index is -0.477. The summed E-state index contributed by atoms with van der Waals surface area (Å²) in [5.41, 5.74) is 1.65. The van der Waals surface area contributed by atoms with Crippen molar-refractivity contribution < 1.29 is 19.4 Å². The van der Waals surface area contributed by atoms with Gasteiger partial charge in [-0.1, -0.05) is 24.3 Å². The quantitative estimate of drug-likeness (QED) is 0.637. The van der Waals surface area contributed by atoms with Gasteiger partial charge in [-0.15, -0.1) is 0 Å². The number of fused-ring (bicyclic) bond motifs is 2. The largest absolute Gasteiger partial charge is 0.504 e. The highest BCUT2D eigenvalue weighted by Gasteiger charge is 2.21. The third kappa shape index (κ3) is 1.91. The first-order valence-corrected chi connectivity index (χ1v) is 6.10. The molecule has 1 N–H and O–H groups in total. The van der Waals surface area contributed by atoms with E-state index in [1.165, 1.54) is 19.2 Å². The van der Waals surface area contributed by atoms with E-state index in [4.69, 9.17) is 9.47 Å². The van der Waals surface area contributed by atoms with Gasteiger partial charge in [0.15, 0.2) is 11.5 Å². The first kappa shape index (κ1) is 12.3. The second-order valence-corrected chi connectivity index (χ2v) is 4.34. The number of esters is 1. The van der Waals surface area contributed by atoms with Gasteiger partial charge in [0.1, 0.15) is 5.75 Å². The summed E-state index contributed by atoms with van der Waals surface area (Å²) in [6, 6.07) is 10.2. The molecule has 0 fully saturated rings. The zero-order valence-corrected chi connectivity index (χ0v) is 10.8. The number of methoxy groups -OCH3 is 1. The van der Waals surface area contributed by atoms with Crippen LogP contribution in [-0.2, 0) is 0 Å². The average molecular weight is 268 g/mol. The highest BCUT2D eigenvalue weighted by atomic mass is 16.5. The van der Waals surface area contributed by atoms with E-state index >= 15 is 0 Å². The van der Waals surface area contributed by atoms with E-state index in [-0.39, 0.29) is 11.5 Å². The van der Waals surface area contributed by atoms with Gasteiger partial charge < -0.3 is 14.6 Å². The topological polar surface area (TPSA) is 55.8 Å². The van der Waals surface area contributed by atoms with Crippen molar-refractivity contribution in [3.8, 4) is 17.2 Å². The standard InChI is InChI=1S/C16H12O4/c1-19-15-11-7-6-10-4-2-3-5-14(10)20-16(18)12(11)8-9-13(15)17/h2-9,17H,1H3. The van der Waals surface area contributed by atoms with Gasteiger partial charge in [0.05, 0.1) is 12.7 Å². The molecule has 0 atom stereocenters. The normalized spacial score (nSPS) is 12.8. The van der Waals surface area contributed by atoms with Crippen molar-refractivity contribution in [2.45, 2.75) is 0 Å². The maximum Gasteiger partial charge on any atom is 0.344 e. The molecule has 100 valence electrons. The molecule has 0 unspecified atom stereocenters. The molecule has 0 saturated heterocycles. The summed E-state index contributed by atoms with van der Waals surface area (Å²) in [7, 11) is 1.45. The molecule has 0 aliphatic carbocycles. The highest BCUT2D eigenvalue weighted by molar-refractivity contribution is 5.99. The molecule has 4 heteroatoms. The molecule has 2 aromatic carbocycles. The second kappa shape index (κ2) is 4.74. The van der Waals surface area contributed by atoms with E-state index in [2.05, 4.69) is 0 Å². The van der Waals surface area contributed by atoms with Gasteiger partial charge in [0, 0.05) is 11.1 Å². The molecule has 0 radical (unpaired) electrons. The lowest BCUT2D eigenvalue weighted by molar-refractivity contribution is 0.0733. The van der Waals surface area contributed by atoms with Crippen LogP contribution < -0.4 is 9.47 Å². The van der Waals surface area contributed by atoms with Crippen molar-refractivity contribution in [3.05, 3.63) is 53.1 Å². The summed E-state index contributed by atoms with van der Waals surface area (Å²) in [6.07, 6.45) is 3.57. The lowest BCUT2D eigenvalue weighted by Crippen LogP contribution is -2.12. The van der Waals surface area contributed by atoms with E-state index in [0.717, 1.165) is 5.56 Å². The Morgan fingerprint density at radius 2 is 1.90 bits per heavy atom. The van der Waals surface area contributed by atoms with E-state index in [1.54, 1.807) is 18.2 Å². The van der Waals surface area contributed by atoms with Gasteiger partial charge >= 0.3 is 5.97 Å². The number of carbonyl (C=O) groups excluding carboxylic acids is 1. The van der Waals surface area contributed by atoms with Crippen LogP contribution in [0.3, 0.4) is 0 Å². The minimum absolute atomic E-state index is 0.0161. The second-order valence-electron chi connectivity index (χ2n) is 4.34. The first-order chi connectivity index (χ1) is 9.70. The van der Waals surface area contributed by atoms with Crippen LogP contribution >= 0.6 is 0 Å². The van der Waals surface area contributed by atoms with Crippen LogP contribution in [0.2, 0.25) is 0 Å². The summed E-state index contributed by atoms with van der Waals surface area (Å²) in [5.74, 6) is 0.272. The van der Waals surface area contributed by atoms with Gasteiger partial charge in [-0.05, 0) is 24.3 Å². The van der Waals surface area contributed by atoms with Crippen molar-refractivity contribution >= 4 is 18.1 Å². The predicted molar refractivity (Wildman–Crippen MR) is 75.0 cm³/mol. The fourth-order valence-electron chi connectivity index (χ4n) is 2.19. The van der Waals surface area contributed by atoms with Gasteiger partial charge in [-0.2, -0.15) is 0 Å². The number of rotatable bonds is 1. The minimum Gasteiger partial charge on any atom is -0.504 e. The van der Waals surface area contributed by atoms with Crippen LogP contribution in [-0.4, -0.2) is 18.2 Å². The van der Waals surface area contributed by atoms with Gasteiger partial charge in [0.2, 0.25) is 0 Å². The van der Waals surface area contributed by atoms with Crippen LogP contribution in [0.5, 0.6) is 17.2 Å². The number of phenols is 1. The van der Waals surface area contributed by atoms with E-state index < -0.39 is 5.97 Å². The smallest absolute Gasteiger partial charge is 0.344 e. The third-order valence-electron chi connectivity index (χ3n) is 3.15. The lowest BCUT2D eigenvalue weighted by atomic mass is 10.0. The van der Waals surface area contributed by atoms with Crippen molar-refractivity contribution in [2.24, 2.45) is 0 Å². The molecule has 0 bridgehead atoms. The van der Waals surface area contributed by atoms with Crippen LogP contribution in [0.15, 0.2) is 36.4 Å². The Morgan fingerprint density at radius 1 is 1.10 bits per heavy atom. The maximum atomic E-state index is 12.2. The SMILES string of the molecule is COc1c(O)ccc2c1C=Cc1ccccc1OC2=O. The zero-order valence-electron chi connectivity index (χ0n) is 10.8. The summed E-state index contributed by atoms with van der Waals surface area (Å²) in [6.45, 7) is 0. The number of hydrogen-bond acceptors (Lipinski definition) is 4. The molecule has 1 heterocycles. The molecular formula is C16H12O4. The molecule has 0 amide bonds. The zero-order chi connectivity index (χ0) is 14.1. The Hall–Kier alpha value is -2.75. The van der Waals surface area contributed by atoms with Gasteiger partial charge in [-0.3, -0.25) is 0 Å². The number of carbonyl (C=O) groups is 1. The number of phenolic OH excluding ortho intramolecular Hbond substituents is 1. The fraction of sp³-hybridized carbons (Fsp3) is 0.0625. The van der Waals surface area contributed by atoms with Crippen molar-refractivity contribution in [2.75, 3.05) is 7.11 Å². The molecule has 20 heavy (non-hydrogen) atoms. The number of hydrogen-bond donors (Lipinski definition) is 1. The number of ether oxygens (including phenoxy) is 2. The van der Waals surface area contributed by atoms with Crippen molar-refractivity contribution in [3.63, 3.8) is 0 Å². The summed E-state index contributed by atoms with van der Waals surface area (Å²) in [4.78, 5) is 12.2. The van der Waals surface area contributed by atoms with Crippen LogP contribution in [0.1, 0.15) is 21.5 Å². The third-order valence-corrected chi connectivity index (χ3v) is 3.15. The summed E-state index contributed by atoms with van der Waals surface area (Å²) in [5, 5.41) is 9.80. The Balaban J connectivity index is 2.24. The van der Waals surface area contributed by atoms with Crippen LogP contribution in [0, 0.1) is 0 Å². The monoisotopic (exact) mass is 268 g/mol. The molecule has 3 rings (SSSR count). The van der Waals surface area contributed by atoms with Crippen LogP contribution in [0.4, 0.5) is 0 Å². The Kier molecular flexibility index (Phi) is 2.91. The van der Waals surface area contributed by atoms with Crippen LogP contribution in [0.25, 0.3) is 12.2 Å².